The van der Waals surface area contributed by atoms with Gasteiger partial charge in [-0.1, -0.05) is 133 Å². The molecule has 0 saturated carbocycles. The highest BCUT2D eigenvalue weighted by Crippen LogP contribution is 2.36. The van der Waals surface area contributed by atoms with Crippen LogP contribution in [0.5, 0.6) is 0 Å². The van der Waals surface area contributed by atoms with Gasteiger partial charge in [-0.15, -0.1) is 23.9 Å². The number of nitrogens with two attached hydrogens (primary N) is 2. The first-order chi connectivity index (χ1) is 33.6. The summed E-state index contributed by atoms with van der Waals surface area (Å²) in [6.45, 7) is 35.0. The molecule has 0 radical (unpaired) electrons. The Hall–Kier alpha value is -6.19. The molecule has 0 bridgehead atoms. The lowest BCUT2D eigenvalue weighted by Crippen LogP contribution is -2.18. The third-order valence-corrected chi connectivity index (χ3v) is 12.5. The second-order valence-electron chi connectivity index (χ2n) is 22.0. The van der Waals surface area contributed by atoms with E-state index in [4.69, 9.17) is 29.5 Å². The molecule has 1 aliphatic rings. The van der Waals surface area contributed by atoms with E-state index in [9.17, 15) is 0 Å². The van der Waals surface area contributed by atoms with Crippen molar-refractivity contribution >= 4 is 56.3 Å². The van der Waals surface area contributed by atoms with Crippen LogP contribution in [0, 0.1) is 68.1 Å². The van der Waals surface area contributed by atoms with Gasteiger partial charge < -0.3 is 16.0 Å². The molecule has 5 heterocycles. The predicted molar refractivity (Wildman–Crippen MR) is 321 cm³/mol. The molecule has 73 heavy (non-hydrogen) atoms. The van der Waals surface area contributed by atoms with Crippen molar-refractivity contribution in [3.05, 3.63) is 182 Å². The van der Waals surface area contributed by atoms with E-state index in [-0.39, 0.29) is 29.1 Å². The van der Waals surface area contributed by atoms with Crippen LogP contribution in [-0.2, 0) is 24.3 Å². The van der Waals surface area contributed by atoms with Crippen molar-refractivity contribution in [2.24, 2.45) is 16.2 Å². The third-order valence-electron chi connectivity index (χ3n) is 11.2. The number of hydrogen-bond donors (Lipinski definition) is 2. The van der Waals surface area contributed by atoms with Crippen LogP contribution in [0.3, 0.4) is 0 Å². The van der Waals surface area contributed by atoms with Crippen molar-refractivity contribution < 1.29 is 0 Å². The molecule has 7 nitrogen and oxygen atoms in total. The zero-order valence-electron chi connectivity index (χ0n) is 45.9. The summed E-state index contributed by atoms with van der Waals surface area (Å²) < 4.78 is 3.25. The number of aryl methyl sites for hydroxylation is 4. The van der Waals surface area contributed by atoms with Crippen LogP contribution in [0.1, 0.15) is 146 Å². The van der Waals surface area contributed by atoms with Gasteiger partial charge in [-0.2, -0.15) is 0 Å². The third kappa shape index (κ3) is 21.1. The van der Waals surface area contributed by atoms with E-state index in [2.05, 4.69) is 189 Å². The topological polar surface area (TPSA) is 109 Å². The Morgan fingerprint density at radius 3 is 1.58 bits per heavy atom. The zero-order valence-corrected chi connectivity index (χ0v) is 48.2. The van der Waals surface area contributed by atoms with Gasteiger partial charge in [-0.05, 0) is 160 Å². The Morgan fingerprint density at radius 2 is 1.12 bits per heavy atom. The van der Waals surface area contributed by atoms with Gasteiger partial charge in [0.25, 0.3) is 0 Å². The number of allylic oxidation sites excluding steroid dienone is 1. The number of nitrogens with zero attached hydrogens (tertiary/aromatic N) is 5. The van der Waals surface area contributed by atoms with Gasteiger partial charge in [-0.3, -0.25) is 4.98 Å². The minimum Gasteiger partial charge on any atom is -0.383 e. The summed E-state index contributed by atoms with van der Waals surface area (Å²) in [5, 5.41) is 1.26. The second kappa shape index (κ2) is 28.3. The molecule has 0 atom stereocenters. The standard InChI is InChI=1S/C19H22N2.C13H17N.C12H16N2.C7H7Cl.C6H7BrN2.C6H10.CH4/c1-14-10-11-20-18-16(14)12-17(19(2,3)4)21(18)13-15-8-6-5-7-9-15;1-9-5-6-14-12-8-10(7-11(9)12)13(2,3)4;1-9-6-8-14-11(13)10(9)5-7-12(2,3)4;8-6-7-4-2-1-3-5-7;1-4-2-3-9-6(8)5(4)7;1-5-6(2,3)4;/h5-12H,13H2,1-4H3;5-7H,8H2,1-4H3;6,8H,1-4H3,(H2,13,14);1-5H,6H2;2-3H,1H3,(H2,8,9);1H,2-4H3;1H4. The van der Waals surface area contributed by atoms with E-state index in [1.54, 1.807) is 12.4 Å². The number of terminal acetylenes is 1. The van der Waals surface area contributed by atoms with Crippen molar-refractivity contribution in [2.45, 2.75) is 142 Å². The smallest absolute Gasteiger partial charge is 0.140 e. The number of fused-ring (bicyclic) bond motifs is 2. The number of pyridine rings is 4. The molecule has 0 aliphatic heterocycles. The average Bonchev–Trinajstić information content (AvgIpc) is 3.94. The summed E-state index contributed by atoms with van der Waals surface area (Å²) in [7, 11) is 0. The summed E-state index contributed by atoms with van der Waals surface area (Å²) in [6.07, 6.45) is 15.6. The van der Waals surface area contributed by atoms with Gasteiger partial charge in [0.15, 0.2) is 0 Å². The van der Waals surface area contributed by atoms with Crippen LogP contribution in [-0.4, -0.2) is 24.5 Å². The Balaban J connectivity index is 0.000000314. The molecule has 7 aromatic rings. The molecule has 0 amide bonds. The minimum atomic E-state index is -0.00524. The quantitative estimate of drug-likeness (QED) is 0.135. The Bertz CT molecular complexity index is 2910. The normalized spacial score (nSPS) is 11.4. The molecule has 0 spiro atoms. The van der Waals surface area contributed by atoms with Gasteiger partial charge in [0.1, 0.15) is 17.3 Å². The summed E-state index contributed by atoms with van der Waals surface area (Å²) in [5.74, 6) is 10.5. The fraction of sp³-hybridized carbons (Fsp3) is 0.375. The lowest BCUT2D eigenvalue weighted by Gasteiger charge is -2.22. The van der Waals surface area contributed by atoms with Gasteiger partial charge in [0.2, 0.25) is 0 Å². The van der Waals surface area contributed by atoms with Crippen LogP contribution in [0.2, 0.25) is 0 Å². The first-order valence-electron chi connectivity index (χ1n) is 24.4. The molecule has 9 heteroatoms. The summed E-state index contributed by atoms with van der Waals surface area (Å²) >= 11 is 8.82. The molecule has 5 aromatic heterocycles. The SMILES string of the molecule is C.C#CC(C)(C)C.Cc1ccnc(N)c1Br.Cc1ccnc(N)c1C#CC(C)(C)C.Cc1ccnc2c1C=C(C(C)(C)C)C2.Cc1ccnc2c1cc(C(C)(C)C)n2Cc1ccccc1.ClCc1ccccc1. The number of halogens is 2. The molecule has 4 N–H and O–H groups in total. The highest BCUT2D eigenvalue weighted by Gasteiger charge is 2.25. The molecule has 2 aromatic carbocycles. The Kier molecular flexibility index (Phi) is 24.4. The summed E-state index contributed by atoms with van der Waals surface area (Å²) in [5.41, 5.74) is 26.3. The van der Waals surface area contributed by atoms with Crippen LogP contribution >= 0.6 is 27.5 Å². The fourth-order valence-corrected chi connectivity index (χ4v) is 7.21. The maximum Gasteiger partial charge on any atom is 0.140 e. The lowest BCUT2D eigenvalue weighted by atomic mass is 9.86. The number of anilines is 2. The van der Waals surface area contributed by atoms with E-state index in [1.165, 1.54) is 50.2 Å². The second-order valence-corrected chi connectivity index (χ2v) is 23.1. The number of benzene rings is 2. The number of hydrogen-bond acceptors (Lipinski definition) is 6. The zero-order chi connectivity index (χ0) is 54.0. The maximum atomic E-state index is 5.74. The van der Waals surface area contributed by atoms with E-state index in [1.807, 2.05) is 89.5 Å². The average molecular weight is 1070 g/mol. The lowest BCUT2D eigenvalue weighted by molar-refractivity contribution is 0.497. The summed E-state index contributed by atoms with van der Waals surface area (Å²) in [4.78, 5) is 17.0. The van der Waals surface area contributed by atoms with Crippen LogP contribution in [0.25, 0.3) is 17.1 Å². The number of nitrogen functional groups attached to an aromatic ring is 2. The van der Waals surface area contributed by atoms with E-state index in [0.29, 0.717) is 17.5 Å². The molecule has 1 aliphatic carbocycles. The van der Waals surface area contributed by atoms with Crippen molar-refractivity contribution in [2.75, 3.05) is 11.5 Å². The van der Waals surface area contributed by atoms with Gasteiger partial charge in [-0.25, -0.2) is 15.0 Å². The van der Waals surface area contributed by atoms with E-state index < -0.39 is 0 Å². The van der Waals surface area contributed by atoms with E-state index in [0.717, 1.165) is 39.8 Å². The largest absolute Gasteiger partial charge is 0.383 e. The first kappa shape index (κ1) is 62.9. The van der Waals surface area contributed by atoms with Gasteiger partial charge >= 0.3 is 0 Å². The maximum absolute atomic E-state index is 5.74. The highest BCUT2D eigenvalue weighted by atomic mass is 79.9. The highest BCUT2D eigenvalue weighted by molar-refractivity contribution is 9.10. The number of alkyl halides is 1. The minimum absolute atomic E-state index is 0. The van der Waals surface area contributed by atoms with Crippen molar-refractivity contribution in [3.63, 3.8) is 0 Å². The van der Waals surface area contributed by atoms with Crippen LogP contribution in [0.15, 0.2) is 126 Å². The van der Waals surface area contributed by atoms with Crippen molar-refractivity contribution in [3.8, 4) is 24.2 Å². The van der Waals surface area contributed by atoms with Gasteiger partial charge in [0.05, 0.1) is 15.7 Å². The van der Waals surface area contributed by atoms with Gasteiger partial charge in [0, 0.05) is 71.0 Å². The number of rotatable bonds is 3. The molecule has 0 fully saturated rings. The Morgan fingerprint density at radius 1 is 0.630 bits per heavy atom. The summed E-state index contributed by atoms with van der Waals surface area (Å²) in [6, 6.07) is 30.9. The van der Waals surface area contributed by atoms with Crippen molar-refractivity contribution in [1.29, 1.82) is 0 Å². The molecular formula is C64H83BrClN7. The van der Waals surface area contributed by atoms with Crippen LogP contribution in [0.4, 0.5) is 11.6 Å². The molecule has 388 valence electrons. The number of aromatic nitrogens is 5. The van der Waals surface area contributed by atoms with E-state index >= 15 is 0 Å². The monoisotopic (exact) mass is 1060 g/mol. The first-order valence-corrected chi connectivity index (χ1v) is 25.7. The fourth-order valence-electron chi connectivity index (χ4n) is 6.80. The predicted octanol–water partition coefficient (Wildman–Crippen LogP) is 16.9. The van der Waals surface area contributed by atoms with Crippen LogP contribution < -0.4 is 11.5 Å². The van der Waals surface area contributed by atoms with Crippen molar-refractivity contribution in [1.82, 2.24) is 24.5 Å². The molecular weight excluding hydrogens is 982 g/mol. The Labute approximate surface area is 454 Å². The molecule has 0 unspecified atom stereocenters. The molecule has 8 rings (SSSR count). The molecule has 0 saturated heterocycles.